The topological polar surface area (TPSA) is 26.3 Å². The SMILES string of the molecule is O=C(F)C(F)(F)OC(F)F. The van der Waals surface area contributed by atoms with Crippen LogP contribution in [-0.4, -0.2) is 18.8 Å². The second kappa shape index (κ2) is 2.91. The molecule has 0 saturated carbocycles. The molecule has 0 fully saturated rings. The molecule has 0 aromatic rings. The fraction of sp³-hybridized carbons (Fsp3) is 0.667. The lowest BCUT2D eigenvalue weighted by atomic mass is 10.7. The van der Waals surface area contributed by atoms with Crippen LogP contribution < -0.4 is 0 Å². The molecule has 0 amide bonds. The van der Waals surface area contributed by atoms with Crippen LogP contribution in [0.2, 0.25) is 0 Å². The standard InChI is InChI=1S/C3HF5O2/c4-1(9)3(7,8)10-2(5)6/h2H. The normalized spacial score (nSPS) is 12.2. The van der Waals surface area contributed by atoms with E-state index >= 15 is 0 Å². The minimum Gasteiger partial charge on any atom is -0.251 e. The Morgan fingerprint density at radius 1 is 1.40 bits per heavy atom. The van der Waals surface area contributed by atoms with E-state index in [2.05, 4.69) is 4.74 Å². The summed E-state index contributed by atoms with van der Waals surface area (Å²) in [7, 11) is 0. The molecule has 60 valence electrons. The molecule has 0 aliphatic heterocycles. The quantitative estimate of drug-likeness (QED) is 0.464. The Bertz CT molecular complexity index is 133. The van der Waals surface area contributed by atoms with Crippen molar-refractivity contribution < 1.29 is 31.5 Å². The lowest BCUT2D eigenvalue weighted by molar-refractivity contribution is -0.306. The molecule has 10 heavy (non-hydrogen) atoms. The summed E-state index contributed by atoms with van der Waals surface area (Å²) in [5.74, 6) is 0. The largest absolute Gasteiger partial charge is 0.453 e. The molecular weight excluding hydrogens is 163 g/mol. The molecule has 0 radical (unpaired) electrons. The molecule has 0 aromatic heterocycles. The van der Waals surface area contributed by atoms with Crippen LogP contribution in [-0.2, 0) is 9.53 Å². The Kier molecular flexibility index (Phi) is 2.70. The van der Waals surface area contributed by atoms with Gasteiger partial charge in [-0.3, -0.25) is 4.79 Å². The van der Waals surface area contributed by atoms with E-state index in [1.807, 2.05) is 0 Å². The summed E-state index contributed by atoms with van der Waals surface area (Å²) in [5.41, 5.74) is 0. The van der Waals surface area contributed by atoms with Gasteiger partial charge < -0.3 is 0 Å². The van der Waals surface area contributed by atoms with E-state index in [0.717, 1.165) is 0 Å². The van der Waals surface area contributed by atoms with Gasteiger partial charge in [0.1, 0.15) is 0 Å². The van der Waals surface area contributed by atoms with Crippen molar-refractivity contribution in [2.75, 3.05) is 0 Å². The molecule has 0 aliphatic rings. The fourth-order valence-electron chi connectivity index (χ4n) is 0.158. The molecular formula is C3HF5O2. The van der Waals surface area contributed by atoms with Crippen molar-refractivity contribution in [2.24, 2.45) is 0 Å². The van der Waals surface area contributed by atoms with E-state index in [-0.39, 0.29) is 0 Å². The minimum absolute atomic E-state index is 2.31. The van der Waals surface area contributed by atoms with Crippen LogP contribution in [0.15, 0.2) is 0 Å². The Morgan fingerprint density at radius 2 is 1.80 bits per heavy atom. The summed E-state index contributed by atoms with van der Waals surface area (Å²) >= 11 is 0. The third kappa shape index (κ3) is 2.72. The highest BCUT2D eigenvalue weighted by atomic mass is 19.3. The van der Waals surface area contributed by atoms with Gasteiger partial charge in [-0.1, -0.05) is 0 Å². The third-order valence-electron chi connectivity index (χ3n) is 0.466. The molecule has 2 nitrogen and oxygen atoms in total. The van der Waals surface area contributed by atoms with Gasteiger partial charge in [-0.15, -0.1) is 0 Å². The van der Waals surface area contributed by atoms with Gasteiger partial charge in [-0.05, 0) is 0 Å². The third-order valence-corrected chi connectivity index (χ3v) is 0.466. The van der Waals surface area contributed by atoms with Crippen molar-refractivity contribution in [3.63, 3.8) is 0 Å². The molecule has 0 spiro atoms. The Labute approximate surface area is 51.6 Å². The van der Waals surface area contributed by atoms with Gasteiger partial charge in [0.15, 0.2) is 0 Å². The van der Waals surface area contributed by atoms with Crippen molar-refractivity contribution in [3.8, 4) is 0 Å². The highest BCUT2D eigenvalue weighted by molar-refractivity contribution is 5.74. The number of ether oxygens (including phenoxy) is 1. The Morgan fingerprint density at radius 3 is 1.90 bits per heavy atom. The molecule has 0 N–H and O–H groups in total. The van der Waals surface area contributed by atoms with Gasteiger partial charge in [0.25, 0.3) is 0 Å². The van der Waals surface area contributed by atoms with Crippen LogP contribution >= 0.6 is 0 Å². The summed E-state index contributed by atoms with van der Waals surface area (Å²) in [6.45, 7) is -3.88. The van der Waals surface area contributed by atoms with Crippen molar-refractivity contribution in [1.82, 2.24) is 0 Å². The van der Waals surface area contributed by atoms with Crippen LogP contribution in [0.1, 0.15) is 0 Å². The maximum atomic E-state index is 11.4. The predicted molar refractivity (Wildman–Crippen MR) is 18.2 cm³/mol. The number of halogens is 5. The first-order valence-electron chi connectivity index (χ1n) is 1.90. The monoisotopic (exact) mass is 164 g/mol. The highest BCUT2D eigenvalue weighted by Gasteiger charge is 2.43. The summed E-state index contributed by atoms with van der Waals surface area (Å²) in [5, 5.41) is 0. The minimum atomic E-state index is -5.03. The molecule has 0 rings (SSSR count). The first-order valence-corrected chi connectivity index (χ1v) is 1.90. The number of carbonyl (C=O) groups is 1. The van der Waals surface area contributed by atoms with Gasteiger partial charge in [0.05, 0.1) is 0 Å². The molecule has 7 heteroatoms. The van der Waals surface area contributed by atoms with Crippen LogP contribution in [0.4, 0.5) is 22.0 Å². The summed E-state index contributed by atoms with van der Waals surface area (Å²) in [6, 6.07) is -3.24. The molecule has 0 heterocycles. The van der Waals surface area contributed by atoms with E-state index in [4.69, 9.17) is 4.79 Å². The Balaban J connectivity index is 4.00. The van der Waals surface area contributed by atoms with Crippen LogP contribution in [0.3, 0.4) is 0 Å². The molecule has 0 aliphatic carbocycles. The van der Waals surface area contributed by atoms with Gasteiger partial charge in [0, 0.05) is 0 Å². The number of rotatable bonds is 3. The first-order chi connectivity index (χ1) is 4.36. The fourth-order valence-corrected chi connectivity index (χ4v) is 0.158. The first kappa shape index (κ1) is 9.28. The molecule has 0 saturated heterocycles. The molecule has 0 atom stereocenters. The van der Waals surface area contributed by atoms with Crippen LogP contribution in [0, 0.1) is 0 Å². The maximum absolute atomic E-state index is 11.4. The maximum Gasteiger partial charge on any atom is 0.453 e. The second-order valence-electron chi connectivity index (χ2n) is 1.17. The average molecular weight is 164 g/mol. The zero-order valence-electron chi connectivity index (χ0n) is 4.28. The second-order valence-corrected chi connectivity index (χ2v) is 1.17. The van der Waals surface area contributed by atoms with Crippen molar-refractivity contribution >= 4 is 6.04 Å². The number of alkyl halides is 4. The summed E-state index contributed by atoms with van der Waals surface area (Å²) < 4.78 is 57.8. The molecule has 0 bridgehead atoms. The average Bonchev–Trinajstić information content (AvgIpc) is 1.60. The molecule has 0 aromatic carbocycles. The summed E-state index contributed by atoms with van der Waals surface area (Å²) in [4.78, 5) is 9.13. The Hall–Kier alpha value is -0.720. The van der Waals surface area contributed by atoms with E-state index < -0.39 is 18.8 Å². The zero-order chi connectivity index (χ0) is 8.36. The zero-order valence-corrected chi connectivity index (χ0v) is 4.28. The van der Waals surface area contributed by atoms with Gasteiger partial charge in [0.2, 0.25) is 0 Å². The lowest BCUT2D eigenvalue weighted by Crippen LogP contribution is -2.30. The van der Waals surface area contributed by atoms with Gasteiger partial charge >= 0.3 is 18.8 Å². The van der Waals surface area contributed by atoms with Crippen molar-refractivity contribution in [1.29, 1.82) is 0 Å². The van der Waals surface area contributed by atoms with Crippen LogP contribution in [0.5, 0.6) is 0 Å². The van der Waals surface area contributed by atoms with E-state index in [9.17, 15) is 22.0 Å². The van der Waals surface area contributed by atoms with E-state index in [0.29, 0.717) is 0 Å². The van der Waals surface area contributed by atoms with Gasteiger partial charge in [-0.25, -0.2) is 4.74 Å². The number of hydrogen-bond donors (Lipinski definition) is 0. The van der Waals surface area contributed by atoms with Crippen LogP contribution in [0.25, 0.3) is 0 Å². The van der Waals surface area contributed by atoms with Crippen molar-refractivity contribution in [2.45, 2.75) is 12.7 Å². The lowest BCUT2D eigenvalue weighted by Gasteiger charge is -2.08. The predicted octanol–water partition coefficient (Wildman–Crippen LogP) is 1.31. The van der Waals surface area contributed by atoms with E-state index in [1.165, 1.54) is 0 Å². The van der Waals surface area contributed by atoms with Gasteiger partial charge in [-0.2, -0.15) is 22.0 Å². The van der Waals surface area contributed by atoms with Crippen molar-refractivity contribution in [3.05, 3.63) is 0 Å². The molecule has 0 unspecified atom stereocenters. The van der Waals surface area contributed by atoms with E-state index in [1.54, 1.807) is 0 Å². The number of hydrogen-bond acceptors (Lipinski definition) is 2. The smallest absolute Gasteiger partial charge is 0.251 e. The highest BCUT2D eigenvalue weighted by Crippen LogP contribution is 2.20. The number of carbonyl (C=O) groups excluding carboxylic acids is 1. The summed E-state index contributed by atoms with van der Waals surface area (Å²) in [6.07, 6.45) is -5.03.